The number of aliphatic carboxylic acids is 1. The quantitative estimate of drug-likeness (QED) is 0.783. The smallest absolute Gasteiger partial charge is 0.328 e. The molecular formula is C15H20O3. The van der Waals surface area contributed by atoms with Crippen molar-refractivity contribution in [3.05, 3.63) is 41.5 Å². The van der Waals surface area contributed by atoms with E-state index in [0.29, 0.717) is 5.92 Å². The molecule has 0 saturated heterocycles. The van der Waals surface area contributed by atoms with Crippen LogP contribution in [0.4, 0.5) is 0 Å². The molecule has 1 aromatic rings. The van der Waals surface area contributed by atoms with Crippen LogP contribution in [-0.4, -0.2) is 18.2 Å². The van der Waals surface area contributed by atoms with Gasteiger partial charge < -0.3 is 9.84 Å². The molecule has 0 bridgehead atoms. The van der Waals surface area contributed by atoms with Crippen molar-refractivity contribution in [2.24, 2.45) is 5.92 Å². The number of ether oxygens (including phenoxy) is 1. The summed E-state index contributed by atoms with van der Waals surface area (Å²) >= 11 is 0. The number of carboxylic acids is 1. The van der Waals surface area contributed by atoms with Crippen LogP contribution in [0.3, 0.4) is 0 Å². The molecule has 1 unspecified atom stereocenters. The highest BCUT2D eigenvalue weighted by atomic mass is 16.5. The van der Waals surface area contributed by atoms with Crippen molar-refractivity contribution in [2.45, 2.75) is 26.4 Å². The minimum atomic E-state index is -0.936. The fourth-order valence-corrected chi connectivity index (χ4v) is 1.79. The molecule has 0 aromatic heterocycles. The number of rotatable bonds is 6. The average Bonchev–Trinajstić information content (AvgIpc) is 2.34. The molecule has 3 nitrogen and oxygen atoms in total. The predicted octanol–water partition coefficient (Wildman–Crippen LogP) is 3.52. The summed E-state index contributed by atoms with van der Waals surface area (Å²) in [5.74, 6) is -0.366. The van der Waals surface area contributed by atoms with E-state index in [2.05, 4.69) is 13.8 Å². The van der Waals surface area contributed by atoms with Crippen molar-refractivity contribution in [1.82, 2.24) is 0 Å². The van der Waals surface area contributed by atoms with Crippen LogP contribution in [0.25, 0.3) is 6.08 Å². The zero-order chi connectivity index (χ0) is 13.5. The van der Waals surface area contributed by atoms with E-state index in [1.54, 1.807) is 13.2 Å². The largest absolute Gasteiger partial charge is 0.478 e. The van der Waals surface area contributed by atoms with Crippen LogP contribution in [0.2, 0.25) is 0 Å². The molecule has 1 aromatic carbocycles. The van der Waals surface area contributed by atoms with Crippen molar-refractivity contribution in [3.8, 4) is 0 Å². The molecule has 18 heavy (non-hydrogen) atoms. The van der Waals surface area contributed by atoms with E-state index in [1.807, 2.05) is 24.3 Å². The van der Waals surface area contributed by atoms with E-state index < -0.39 is 5.97 Å². The van der Waals surface area contributed by atoms with Gasteiger partial charge in [0.05, 0.1) is 6.10 Å². The lowest BCUT2D eigenvalue weighted by atomic mass is 9.98. The van der Waals surface area contributed by atoms with Gasteiger partial charge in [-0.2, -0.15) is 0 Å². The summed E-state index contributed by atoms with van der Waals surface area (Å²) in [6.45, 7) is 4.33. The zero-order valence-corrected chi connectivity index (χ0v) is 11.1. The molecule has 0 amide bonds. The molecule has 0 fully saturated rings. The van der Waals surface area contributed by atoms with E-state index in [-0.39, 0.29) is 6.10 Å². The maximum Gasteiger partial charge on any atom is 0.328 e. The van der Waals surface area contributed by atoms with Gasteiger partial charge in [0.1, 0.15) is 0 Å². The Kier molecular flexibility index (Phi) is 5.59. The number of hydrogen-bond acceptors (Lipinski definition) is 2. The Bertz CT molecular complexity index is 404. The number of methoxy groups -OCH3 is 1. The normalized spacial score (nSPS) is 13.1. The summed E-state index contributed by atoms with van der Waals surface area (Å²) in [6.07, 6.45) is 3.79. The van der Waals surface area contributed by atoms with Crippen LogP contribution in [-0.2, 0) is 9.53 Å². The second-order valence-corrected chi connectivity index (χ2v) is 4.69. The first-order valence-corrected chi connectivity index (χ1v) is 6.06. The molecule has 1 atom stereocenters. The molecule has 0 heterocycles. The third-order valence-corrected chi connectivity index (χ3v) is 2.70. The molecular weight excluding hydrogens is 228 g/mol. The van der Waals surface area contributed by atoms with Crippen molar-refractivity contribution in [3.63, 3.8) is 0 Å². The first-order chi connectivity index (χ1) is 8.52. The summed E-state index contributed by atoms with van der Waals surface area (Å²) in [5, 5.41) is 8.55. The van der Waals surface area contributed by atoms with E-state index >= 15 is 0 Å². The van der Waals surface area contributed by atoms with Gasteiger partial charge in [0, 0.05) is 13.2 Å². The molecule has 98 valence electrons. The second-order valence-electron chi connectivity index (χ2n) is 4.69. The molecule has 1 N–H and O–H groups in total. The second kappa shape index (κ2) is 6.97. The topological polar surface area (TPSA) is 46.5 Å². The molecule has 0 spiro atoms. The number of benzene rings is 1. The summed E-state index contributed by atoms with van der Waals surface area (Å²) in [6, 6.07) is 7.78. The average molecular weight is 248 g/mol. The van der Waals surface area contributed by atoms with Crippen LogP contribution in [0.5, 0.6) is 0 Å². The van der Waals surface area contributed by atoms with Crippen molar-refractivity contribution >= 4 is 12.0 Å². The van der Waals surface area contributed by atoms with E-state index in [1.165, 1.54) is 0 Å². The Morgan fingerprint density at radius 1 is 1.33 bits per heavy atom. The Balaban J connectivity index is 2.77. The Morgan fingerprint density at radius 2 is 1.94 bits per heavy atom. The zero-order valence-electron chi connectivity index (χ0n) is 11.1. The maximum absolute atomic E-state index is 10.4. The van der Waals surface area contributed by atoms with Gasteiger partial charge in [0.15, 0.2) is 0 Å². The van der Waals surface area contributed by atoms with Gasteiger partial charge in [0.25, 0.3) is 0 Å². The molecule has 0 radical (unpaired) electrons. The summed E-state index contributed by atoms with van der Waals surface area (Å²) in [7, 11) is 1.71. The lowest BCUT2D eigenvalue weighted by molar-refractivity contribution is -0.131. The standard InChI is InChI=1S/C15H20O3/c1-11(2)10-14(18-3)13-7-4-12(5-8-13)6-9-15(16)17/h4-9,11,14H,10H2,1-3H3,(H,16,17)/b9-6+. The van der Waals surface area contributed by atoms with Crippen molar-refractivity contribution in [1.29, 1.82) is 0 Å². The van der Waals surface area contributed by atoms with Crippen LogP contribution in [0.1, 0.15) is 37.5 Å². The summed E-state index contributed by atoms with van der Waals surface area (Å²) < 4.78 is 5.47. The monoisotopic (exact) mass is 248 g/mol. The number of carboxylic acid groups (broad SMARTS) is 1. The van der Waals surface area contributed by atoms with E-state index in [4.69, 9.17) is 9.84 Å². The highest BCUT2D eigenvalue weighted by Crippen LogP contribution is 2.24. The number of carbonyl (C=O) groups is 1. The Morgan fingerprint density at radius 3 is 2.39 bits per heavy atom. The summed E-state index contributed by atoms with van der Waals surface area (Å²) in [5.41, 5.74) is 2.00. The van der Waals surface area contributed by atoms with E-state index in [0.717, 1.165) is 23.6 Å². The Labute approximate surface area is 108 Å². The fraction of sp³-hybridized carbons (Fsp3) is 0.400. The molecule has 0 aliphatic carbocycles. The summed E-state index contributed by atoms with van der Waals surface area (Å²) in [4.78, 5) is 10.4. The van der Waals surface area contributed by atoms with Crippen LogP contribution >= 0.6 is 0 Å². The molecule has 1 rings (SSSR count). The van der Waals surface area contributed by atoms with Crippen molar-refractivity contribution < 1.29 is 14.6 Å². The Hall–Kier alpha value is -1.61. The van der Waals surface area contributed by atoms with Crippen molar-refractivity contribution in [2.75, 3.05) is 7.11 Å². The van der Waals surface area contributed by atoms with E-state index in [9.17, 15) is 4.79 Å². The minimum Gasteiger partial charge on any atom is -0.478 e. The molecule has 0 saturated carbocycles. The van der Waals surface area contributed by atoms with Crippen LogP contribution in [0.15, 0.2) is 30.3 Å². The van der Waals surface area contributed by atoms with Crippen LogP contribution < -0.4 is 0 Å². The SMILES string of the molecule is COC(CC(C)C)c1ccc(/C=C/C(=O)O)cc1. The lowest BCUT2D eigenvalue weighted by Gasteiger charge is -2.17. The highest BCUT2D eigenvalue weighted by molar-refractivity contribution is 5.85. The lowest BCUT2D eigenvalue weighted by Crippen LogP contribution is -2.05. The fourth-order valence-electron chi connectivity index (χ4n) is 1.79. The molecule has 0 aliphatic rings. The maximum atomic E-state index is 10.4. The first kappa shape index (κ1) is 14.5. The number of hydrogen-bond donors (Lipinski definition) is 1. The van der Waals surface area contributed by atoms with Crippen LogP contribution in [0, 0.1) is 5.92 Å². The van der Waals surface area contributed by atoms with Gasteiger partial charge in [0.2, 0.25) is 0 Å². The molecule has 0 aliphatic heterocycles. The van der Waals surface area contributed by atoms with Gasteiger partial charge >= 0.3 is 5.97 Å². The van der Waals surface area contributed by atoms with Gasteiger partial charge in [-0.25, -0.2) is 4.79 Å². The third kappa shape index (κ3) is 4.72. The molecule has 3 heteroatoms. The first-order valence-electron chi connectivity index (χ1n) is 6.06. The highest BCUT2D eigenvalue weighted by Gasteiger charge is 2.11. The third-order valence-electron chi connectivity index (χ3n) is 2.70. The predicted molar refractivity (Wildman–Crippen MR) is 72.3 cm³/mol. The van der Waals surface area contributed by atoms with Gasteiger partial charge in [-0.1, -0.05) is 38.1 Å². The van der Waals surface area contributed by atoms with Gasteiger partial charge in [-0.15, -0.1) is 0 Å². The van der Waals surface area contributed by atoms with Gasteiger partial charge in [-0.05, 0) is 29.5 Å². The minimum absolute atomic E-state index is 0.0995. The van der Waals surface area contributed by atoms with Gasteiger partial charge in [-0.3, -0.25) is 0 Å².